The average molecular weight is 386 g/mol. The second kappa shape index (κ2) is 7.83. The third kappa shape index (κ3) is 3.46. The number of amides is 1. The smallest absolute Gasteiger partial charge is 0.256 e. The highest BCUT2D eigenvalue weighted by atomic mass is 16.2. The number of benzene rings is 2. The summed E-state index contributed by atoms with van der Waals surface area (Å²) < 4.78 is 0. The van der Waals surface area contributed by atoms with Crippen LogP contribution in [-0.4, -0.2) is 22.2 Å². The van der Waals surface area contributed by atoms with E-state index in [0.717, 1.165) is 54.6 Å². The van der Waals surface area contributed by atoms with E-state index in [1.54, 1.807) is 0 Å². The molecule has 1 unspecified atom stereocenters. The molecule has 0 N–H and O–H groups in total. The number of carbonyl (C=O) groups is 1. The highest BCUT2D eigenvalue weighted by Crippen LogP contribution is 2.40. The van der Waals surface area contributed by atoms with Gasteiger partial charge in [-0.25, -0.2) is 0 Å². The summed E-state index contributed by atoms with van der Waals surface area (Å²) in [6.07, 6.45) is 4.91. The first-order valence-corrected chi connectivity index (χ1v) is 10.6. The maximum atomic E-state index is 13.3. The number of hydrogen-bond donors (Lipinski definition) is 0. The van der Waals surface area contributed by atoms with Gasteiger partial charge in [-0.2, -0.15) is 5.26 Å². The standard InChI is InChI=1S/C25H27N3O/c1-3-18(2)23-27-25(14-6-7-15-25)24(29)28(23)17-19-10-12-20(13-11-19)22-9-5-4-8-21(22)16-26/h4-5,8-13,18H,3,6-7,14-15,17H2,1-2H3. The summed E-state index contributed by atoms with van der Waals surface area (Å²) in [6, 6.07) is 18.1. The molecule has 2 aromatic rings. The minimum Gasteiger partial charge on any atom is -0.294 e. The Morgan fingerprint density at radius 3 is 2.48 bits per heavy atom. The molecule has 1 atom stereocenters. The van der Waals surface area contributed by atoms with Crippen molar-refractivity contribution in [3.8, 4) is 17.2 Å². The van der Waals surface area contributed by atoms with Crippen LogP contribution in [0.5, 0.6) is 0 Å². The molecular weight excluding hydrogens is 358 g/mol. The Labute approximate surface area is 172 Å². The highest BCUT2D eigenvalue weighted by Gasteiger charge is 2.50. The summed E-state index contributed by atoms with van der Waals surface area (Å²) in [6.45, 7) is 4.87. The Balaban J connectivity index is 1.59. The van der Waals surface area contributed by atoms with E-state index in [2.05, 4.69) is 32.0 Å². The monoisotopic (exact) mass is 385 g/mol. The first-order chi connectivity index (χ1) is 14.1. The summed E-state index contributed by atoms with van der Waals surface area (Å²) in [5.41, 5.74) is 3.21. The second-order valence-corrected chi connectivity index (χ2v) is 8.26. The minimum absolute atomic E-state index is 0.184. The fourth-order valence-corrected chi connectivity index (χ4v) is 4.48. The number of rotatable bonds is 5. The van der Waals surface area contributed by atoms with Crippen molar-refractivity contribution in [3.05, 3.63) is 59.7 Å². The van der Waals surface area contributed by atoms with Crippen LogP contribution in [0.3, 0.4) is 0 Å². The summed E-state index contributed by atoms with van der Waals surface area (Å²) in [5, 5.41) is 9.35. The Kier molecular flexibility index (Phi) is 5.24. The van der Waals surface area contributed by atoms with Crippen LogP contribution < -0.4 is 0 Å². The van der Waals surface area contributed by atoms with Crippen molar-refractivity contribution in [1.82, 2.24) is 4.90 Å². The van der Waals surface area contributed by atoms with Crippen LogP contribution >= 0.6 is 0 Å². The number of carbonyl (C=O) groups excluding carboxylic acids is 1. The quantitative estimate of drug-likeness (QED) is 0.699. The Hall–Kier alpha value is -2.93. The predicted octanol–water partition coefficient (Wildman–Crippen LogP) is 5.32. The van der Waals surface area contributed by atoms with Gasteiger partial charge in [0.05, 0.1) is 18.2 Å². The number of amidine groups is 1. The summed E-state index contributed by atoms with van der Waals surface area (Å²) in [5.74, 6) is 1.42. The van der Waals surface area contributed by atoms with Gasteiger partial charge in [-0.15, -0.1) is 0 Å². The van der Waals surface area contributed by atoms with E-state index in [-0.39, 0.29) is 11.8 Å². The van der Waals surface area contributed by atoms with Crippen molar-refractivity contribution >= 4 is 11.7 Å². The molecule has 1 aliphatic heterocycles. The maximum Gasteiger partial charge on any atom is 0.256 e. The molecule has 2 aliphatic rings. The maximum absolute atomic E-state index is 13.3. The second-order valence-electron chi connectivity index (χ2n) is 8.26. The Morgan fingerprint density at radius 2 is 1.83 bits per heavy atom. The number of aliphatic imine (C=N–C) groups is 1. The lowest BCUT2D eigenvalue weighted by molar-refractivity contribution is -0.131. The first-order valence-electron chi connectivity index (χ1n) is 10.6. The number of nitrogens with zero attached hydrogens (tertiary/aromatic N) is 3. The molecule has 0 radical (unpaired) electrons. The van der Waals surface area contributed by atoms with Crippen LogP contribution in [-0.2, 0) is 11.3 Å². The normalized spacial score (nSPS) is 18.7. The summed E-state index contributed by atoms with van der Waals surface area (Å²) in [7, 11) is 0. The van der Waals surface area contributed by atoms with Crippen LogP contribution in [0.25, 0.3) is 11.1 Å². The van der Waals surface area contributed by atoms with Crippen molar-refractivity contribution in [1.29, 1.82) is 5.26 Å². The van der Waals surface area contributed by atoms with Gasteiger partial charge in [-0.1, -0.05) is 69.2 Å². The van der Waals surface area contributed by atoms with E-state index in [1.807, 2.05) is 41.3 Å². The molecule has 4 heteroatoms. The molecule has 1 spiro atoms. The van der Waals surface area contributed by atoms with Crippen LogP contribution in [0.15, 0.2) is 53.5 Å². The van der Waals surface area contributed by atoms with E-state index < -0.39 is 5.54 Å². The highest BCUT2D eigenvalue weighted by molar-refractivity contribution is 6.09. The molecular formula is C25H27N3O. The van der Waals surface area contributed by atoms with E-state index in [9.17, 15) is 10.1 Å². The van der Waals surface area contributed by atoms with Gasteiger partial charge in [0, 0.05) is 5.92 Å². The SMILES string of the molecule is CCC(C)C1=NC2(CCCC2)C(=O)N1Cc1ccc(-c2ccccc2C#N)cc1. The van der Waals surface area contributed by atoms with Gasteiger partial charge in [-0.3, -0.25) is 14.7 Å². The zero-order valence-electron chi connectivity index (χ0n) is 17.2. The molecule has 4 rings (SSSR count). The number of hydrogen-bond acceptors (Lipinski definition) is 3. The van der Waals surface area contributed by atoms with Crippen LogP contribution in [0, 0.1) is 17.2 Å². The molecule has 1 saturated carbocycles. The van der Waals surface area contributed by atoms with Gasteiger partial charge in [-0.05, 0) is 42.0 Å². The van der Waals surface area contributed by atoms with Gasteiger partial charge in [0.1, 0.15) is 11.4 Å². The summed E-state index contributed by atoms with van der Waals surface area (Å²) >= 11 is 0. The van der Waals surface area contributed by atoms with Crippen LogP contribution in [0.4, 0.5) is 0 Å². The molecule has 0 bridgehead atoms. The third-order valence-electron chi connectivity index (χ3n) is 6.39. The van der Waals surface area contributed by atoms with Gasteiger partial charge in [0.2, 0.25) is 0 Å². The average Bonchev–Trinajstić information content (AvgIpc) is 3.35. The number of nitriles is 1. The van der Waals surface area contributed by atoms with Crippen molar-refractivity contribution in [2.75, 3.05) is 0 Å². The molecule has 29 heavy (non-hydrogen) atoms. The van der Waals surface area contributed by atoms with Gasteiger partial charge >= 0.3 is 0 Å². The van der Waals surface area contributed by atoms with Gasteiger partial charge < -0.3 is 0 Å². The molecule has 1 aliphatic carbocycles. The Morgan fingerprint density at radius 1 is 1.14 bits per heavy atom. The van der Waals surface area contributed by atoms with Crippen molar-refractivity contribution in [2.45, 2.75) is 58.0 Å². The molecule has 0 aromatic heterocycles. The fraction of sp³-hybridized carbons (Fsp3) is 0.400. The lowest BCUT2D eigenvalue weighted by Gasteiger charge is -2.24. The van der Waals surface area contributed by atoms with Crippen molar-refractivity contribution < 1.29 is 4.79 Å². The van der Waals surface area contributed by atoms with Crippen molar-refractivity contribution in [2.24, 2.45) is 10.9 Å². The molecule has 4 nitrogen and oxygen atoms in total. The lowest BCUT2D eigenvalue weighted by atomic mass is 9.97. The van der Waals surface area contributed by atoms with E-state index in [4.69, 9.17) is 4.99 Å². The molecule has 1 fully saturated rings. The van der Waals surface area contributed by atoms with Gasteiger partial charge in [0.25, 0.3) is 5.91 Å². The zero-order valence-corrected chi connectivity index (χ0v) is 17.2. The molecule has 2 aromatic carbocycles. The van der Waals surface area contributed by atoms with Crippen LogP contribution in [0.2, 0.25) is 0 Å². The summed E-state index contributed by atoms with van der Waals surface area (Å²) in [4.78, 5) is 20.2. The van der Waals surface area contributed by atoms with E-state index in [1.165, 1.54) is 0 Å². The molecule has 1 heterocycles. The Bertz CT molecular complexity index is 978. The predicted molar refractivity (Wildman–Crippen MR) is 115 cm³/mol. The minimum atomic E-state index is -0.496. The topological polar surface area (TPSA) is 56.5 Å². The fourth-order valence-electron chi connectivity index (χ4n) is 4.48. The molecule has 1 amide bonds. The van der Waals surface area contributed by atoms with Gasteiger partial charge in [0.15, 0.2) is 0 Å². The first kappa shape index (κ1) is 19.4. The third-order valence-corrected chi connectivity index (χ3v) is 6.39. The zero-order chi connectivity index (χ0) is 20.4. The van der Waals surface area contributed by atoms with Crippen molar-refractivity contribution in [3.63, 3.8) is 0 Å². The largest absolute Gasteiger partial charge is 0.294 e. The molecule has 148 valence electrons. The van der Waals surface area contributed by atoms with E-state index >= 15 is 0 Å². The lowest BCUT2D eigenvalue weighted by Crippen LogP contribution is -2.41. The molecule has 0 saturated heterocycles. The van der Waals surface area contributed by atoms with E-state index in [0.29, 0.717) is 12.1 Å². The van der Waals surface area contributed by atoms with Crippen LogP contribution in [0.1, 0.15) is 57.1 Å².